The predicted octanol–water partition coefficient (Wildman–Crippen LogP) is 3.18. The summed E-state index contributed by atoms with van der Waals surface area (Å²) >= 11 is 1.75. The fourth-order valence-corrected chi connectivity index (χ4v) is 3.59. The molecule has 108 valence electrons. The van der Waals surface area contributed by atoms with E-state index < -0.39 is 0 Å². The Kier molecular flexibility index (Phi) is 4.64. The number of thiazole rings is 1. The van der Waals surface area contributed by atoms with Crippen LogP contribution in [0.3, 0.4) is 0 Å². The van der Waals surface area contributed by atoms with Crippen molar-refractivity contribution in [3.63, 3.8) is 0 Å². The zero-order valence-corrected chi connectivity index (χ0v) is 13.3. The van der Waals surface area contributed by atoms with Crippen molar-refractivity contribution in [2.24, 2.45) is 0 Å². The monoisotopic (exact) mass is 282 g/mol. The number of aliphatic hydroxyl groups excluding tert-OH is 1. The van der Waals surface area contributed by atoms with Gasteiger partial charge in [-0.2, -0.15) is 0 Å². The summed E-state index contributed by atoms with van der Waals surface area (Å²) < 4.78 is 0. The van der Waals surface area contributed by atoms with E-state index in [1.165, 1.54) is 17.8 Å². The summed E-state index contributed by atoms with van der Waals surface area (Å²) in [4.78, 5) is 7.16. The molecule has 0 saturated carbocycles. The lowest BCUT2D eigenvalue weighted by molar-refractivity contribution is 0.0310. The molecular formula is C15H26N2OS. The smallest absolute Gasteiger partial charge is 0.0982 e. The minimum absolute atomic E-state index is 0.133. The van der Waals surface area contributed by atoms with Crippen LogP contribution in [0.1, 0.15) is 57.7 Å². The number of hydrogen-bond donors (Lipinski definition) is 1. The first-order chi connectivity index (χ1) is 8.88. The van der Waals surface area contributed by atoms with Gasteiger partial charge < -0.3 is 5.11 Å². The molecule has 1 aromatic heterocycles. The molecule has 1 aromatic rings. The van der Waals surface area contributed by atoms with Gasteiger partial charge in [-0.1, -0.05) is 27.2 Å². The molecule has 0 bridgehead atoms. The molecule has 4 heteroatoms. The molecule has 2 unspecified atom stereocenters. The van der Waals surface area contributed by atoms with Crippen molar-refractivity contribution >= 4 is 11.3 Å². The second-order valence-corrected chi connectivity index (χ2v) is 7.53. The van der Waals surface area contributed by atoms with Gasteiger partial charge >= 0.3 is 0 Å². The lowest BCUT2D eigenvalue weighted by atomic mass is 9.97. The average molecular weight is 282 g/mol. The third kappa shape index (κ3) is 3.77. The predicted molar refractivity (Wildman–Crippen MR) is 80.5 cm³/mol. The number of rotatable bonds is 3. The van der Waals surface area contributed by atoms with Gasteiger partial charge in [-0.25, -0.2) is 4.98 Å². The lowest BCUT2D eigenvalue weighted by Gasteiger charge is -2.37. The van der Waals surface area contributed by atoms with Crippen LogP contribution >= 0.6 is 11.3 Å². The van der Waals surface area contributed by atoms with Crippen molar-refractivity contribution in [2.45, 2.75) is 71.1 Å². The maximum absolute atomic E-state index is 9.90. The van der Waals surface area contributed by atoms with E-state index in [2.05, 4.69) is 31.1 Å². The second kappa shape index (κ2) is 5.90. The molecule has 1 fully saturated rings. The Balaban J connectivity index is 2.05. The van der Waals surface area contributed by atoms with E-state index in [9.17, 15) is 5.11 Å². The Bertz CT molecular complexity index is 409. The van der Waals surface area contributed by atoms with E-state index in [0.717, 1.165) is 25.2 Å². The first kappa shape index (κ1) is 14.9. The molecule has 2 heterocycles. The van der Waals surface area contributed by atoms with Gasteiger partial charge in [0.2, 0.25) is 0 Å². The van der Waals surface area contributed by atoms with Crippen molar-refractivity contribution in [1.29, 1.82) is 0 Å². The Morgan fingerprint density at radius 1 is 1.47 bits per heavy atom. The fraction of sp³-hybridized carbons (Fsp3) is 0.800. The third-order valence-electron chi connectivity index (χ3n) is 3.78. The van der Waals surface area contributed by atoms with Gasteiger partial charge in [0.15, 0.2) is 0 Å². The molecule has 1 saturated heterocycles. The molecule has 1 aliphatic rings. The summed E-state index contributed by atoms with van der Waals surface area (Å²) in [7, 11) is 0. The Hall–Kier alpha value is -0.450. The first-order valence-electron chi connectivity index (χ1n) is 7.25. The van der Waals surface area contributed by atoms with E-state index in [1.807, 2.05) is 6.92 Å². The number of hydrogen-bond acceptors (Lipinski definition) is 4. The zero-order chi connectivity index (χ0) is 14.0. The van der Waals surface area contributed by atoms with Gasteiger partial charge in [0.05, 0.1) is 16.8 Å². The average Bonchev–Trinajstić information content (AvgIpc) is 2.77. The van der Waals surface area contributed by atoms with Gasteiger partial charge in [-0.3, -0.25) is 4.90 Å². The van der Waals surface area contributed by atoms with E-state index in [4.69, 9.17) is 4.98 Å². The lowest BCUT2D eigenvalue weighted by Crippen LogP contribution is -2.45. The summed E-state index contributed by atoms with van der Waals surface area (Å²) in [6.45, 7) is 10.5. The van der Waals surface area contributed by atoms with Crippen molar-refractivity contribution in [2.75, 3.05) is 6.54 Å². The molecule has 0 spiro atoms. The molecule has 3 nitrogen and oxygen atoms in total. The summed E-state index contributed by atoms with van der Waals surface area (Å²) in [5, 5.41) is 13.3. The van der Waals surface area contributed by atoms with Crippen LogP contribution < -0.4 is 0 Å². The van der Waals surface area contributed by atoms with Crippen LogP contribution in [-0.2, 0) is 12.0 Å². The van der Waals surface area contributed by atoms with Gasteiger partial charge in [0, 0.05) is 23.4 Å². The van der Waals surface area contributed by atoms with Crippen molar-refractivity contribution in [3.05, 3.63) is 16.1 Å². The van der Waals surface area contributed by atoms with Crippen LogP contribution in [0.4, 0.5) is 0 Å². The molecule has 2 rings (SSSR count). The summed E-state index contributed by atoms with van der Waals surface area (Å²) in [6, 6.07) is 0.300. The van der Waals surface area contributed by atoms with Crippen LogP contribution in [-0.4, -0.2) is 33.7 Å². The largest absolute Gasteiger partial charge is 0.392 e. The van der Waals surface area contributed by atoms with Crippen LogP contribution in [0.25, 0.3) is 0 Å². The second-order valence-electron chi connectivity index (χ2n) is 6.67. The number of likely N-dealkylation sites (tertiary alicyclic amines) is 1. The minimum atomic E-state index is -0.249. The highest BCUT2D eigenvalue weighted by Crippen LogP contribution is 2.27. The van der Waals surface area contributed by atoms with Crippen LogP contribution in [0.2, 0.25) is 0 Å². The molecule has 0 aromatic carbocycles. The van der Waals surface area contributed by atoms with Gasteiger partial charge in [-0.05, 0) is 26.3 Å². The Morgan fingerprint density at radius 2 is 2.21 bits per heavy atom. The van der Waals surface area contributed by atoms with Crippen molar-refractivity contribution < 1.29 is 5.11 Å². The molecular weight excluding hydrogens is 256 g/mol. The quantitative estimate of drug-likeness (QED) is 0.925. The molecule has 0 aliphatic carbocycles. The van der Waals surface area contributed by atoms with E-state index >= 15 is 0 Å². The number of piperidine rings is 1. The number of aromatic nitrogens is 1. The SMILES string of the molecule is CC(O)C1CCCCN1Cc1csc(C(C)(C)C)n1. The van der Waals surface area contributed by atoms with Crippen LogP contribution in [0.5, 0.6) is 0 Å². The fourth-order valence-electron chi connectivity index (χ4n) is 2.69. The van der Waals surface area contributed by atoms with E-state index in [0.29, 0.717) is 6.04 Å². The Morgan fingerprint density at radius 3 is 2.79 bits per heavy atom. The maximum Gasteiger partial charge on any atom is 0.0982 e. The van der Waals surface area contributed by atoms with Crippen molar-refractivity contribution in [3.8, 4) is 0 Å². The van der Waals surface area contributed by atoms with E-state index in [-0.39, 0.29) is 11.5 Å². The van der Waals surface area contributed by atoms with Gasteiger partial charge in [0.1, 0.15) is 0 Å². The zero-order valence-electron chi connectivity index (χ0n) is 12.5. The number of aliphatic hydroxyl groups is 1. The standard InChI is InChI=1S/C15H26N2OS/c1-11(18)13-7-5-6-8-17(13)9-12-10-19-14(16-12)15(2,3)4/h10-11,13,18H,5-9H2,1-4H3. The first-order valence-corrected chi connectivity index (χ1v) is 8.13. The highest BCUT2D eigenvalue weighted by molar-refractivity contribution is 7.09. The van der Waals surface area contributed by atoms with Crippen LogP contribution in [0.15, 0.2) is 5.38 Å². The van der Waals surface area contributed by atoms with Gasteiger partial charge in [0.25, 0.3) is 0 Å². The normalized spacial score (nSPS) is 23.5. The molecule has 1 aliphatic heterocycles. The molecule has 1 N–H and O–H groups in total. The highest BCUT2D eigenvalue weighted by atomic mass is 32.1. The summed E-state index contributed by atoms with van der Waals surface area (Å²) in [5.74, 6) is 0. The molecule has 2 atom stereocenters. The van der Waals surface area contributed by atoms with E-state index in [1.54, 1.807) is 11.3 Å². The van der Waals surface area contributed by atoms with Crippen molar-refractivity contribution in [1.82, 2.24) is 9.88 Å². The third-order valence-corrected chi connectivity index (χ3v) is 5.10. The minimum Gasteiger partial charge on any atom is -0.392 e. The summed E-state index contributed by atoms with van der Waals surface area (Å²) in [6.07, 6.45) is 3.32. The maximum atomic E-state index is 9.90. The Labute approximate surface area is 120 Å². The van der Waals surface area contributed by atoms with Crippen LogP contribution in [0, 0.1) is 0 Å². The summed E-state index contributed by atoms with van der Waals surface area (Å²) in [5.41, 5.74) is 1.29. The highest BCUT2D eigenvalue weighted by Gasteiger charge is 2.27. The topological polar surface area (TPSA) is 36.4 Å². The molecule has 0 amide bonds. The number of nitrogens with zero attached hydrogens (tertiary/aromatic N) is 2. The van der Waals surface area contributed by atoms with Gasteiger partial charge in [-0.15, -0.1) is 11.3 Å². The molecule has 19 heavy (non-hydrogen) atoms. The molecule has 0 radical (unpaired) electrons.